The number of aliphatic hydroxyl groups excluding tert-OH is 1. The smallest absolute Gasteiger partial charge is 0.301 e. The molecule has 2 rings (SSSR count). The molecule has 118 valence electrons. The molecule has 0 saturated carbocycles. The van der Waals surface area contributed by atoms with E-state index in [-0.39, 0.29) is 0 Å². The van der Waals surface area contributed by atoms with E-state index in [0.29, 0.717) is 16.9 Å². The molecule has 0 aliphatic carbocycles. The normalized spacial score (nSPS) is 13.1. The summed E-state index contributed by atoms with van der Waals surface area (Å²) in [4.78, 5) is 4.11. The molecule has 0 saturated heterocycles. The summed E-state index contributed by atoms with van der Waals surface area (Å²) in [7, 11) is -0.697. The van der Waals surface area contributed by atoms with Gasteiger partial charge in [0.25, 0.3) is 0 Å². The van der Waals surface area contributed by atoms with Crippen LogP contribution >= 0.6 is 0 Å². The Balaban J connectivity index is 2.35. The molecule has 0 fully saturated rings. The van der Waals surface area contributed by atoms with Gasteiger partial charge >= 0.3 is 10.2 Å². The lowest BCUT2D eigenvalue weighted by molar-refractivity contribution is 0.215. The molecule has 0 amide bonds. The molecule has 7 heteroatoms. The molecule has 0 aliphatic rings. The van der Waals surface area contributed by atoms with E-state index in [1.54, 1.807) is 49.5 Å². The highest BCUT2D eigenvalue weighted by Gasteiger charge is 2.17. The Kier molecular flexibility index (Phi) is 4.80. The van der Waals surface area contributed by atoms with Gasteiger partial charge in [-0.05, 0) is 36.2 Å². The van der Waals surface area contributed by atoms with Crippen LogP contribution in [-0.2, 0) is 10.2 Å². The highest BCUT2D eigenvalue weighted by molar-refractivity contribution is 7.90. The Hall–Kier alpha value is -1.96. The van der Waals surface area contributed by atoms with Crippen molar-refractivity contribution >= 4 is 15.9 Å². The molecule has 1 heterocycles. The highest BCUT2D eigenvalue weighted by Crippen LogP contribution is 2.26. The van der Waals surface area contributed by atoms with Crippen LogP contribution in [-0.4, -0.2) is 36.9 Å². The molecule has 0 radical (unpaired) electrons. The SMILES string of the molecule is Cc1ccc([C@H](O)c2ccccn2)cc1NS(=O)(=O)N(C)C. The van der Waals surface area contributed by atoms with Gasteiger partial charge in [-0.15, -0.1) is 0 Å². The number of nitrogens with zero attached hydrogens (tertiary/aromatic N) is 2. The second-order valence-electron chi connectivity index (χ2n) is 5.12. The molecule has 6 nitrogen and oxygen atoms in total. The molecular formula is C15H19N3O3S. The first-order valence-electron chi connectivity index (χ1n) is 6.71. The highest BCUT2D eigenvalue weighted by atomic mass is 32.2. The van der Waals surface area contributed by atoms with E-state index in [2.05, 4.69) is 9.71 Å². The first-order valence-corrected chi connectivity index (χ1v) is 8.15. The van der Waals surface area contributed by atoms with Crippen LogP contribution in [0, 0.1) is 6.92 Å². The molecule has 1 atom stereocenters. The topological polar surface area (TPSA) is 82.5 Å². The van der Waals surface area contributed by atoms with E-state index >= 15 is 0 Å². The van der Waals surface area contributed by atoms with E-state index in [1.165, 1.54) is 14.1 Å². The van der Waals surface area contributed by atoms with Crippen LogP contribution in [0.15, 0.2) is 42.6 Å². The summed E-state index contributed by atoms with van der Waals surface area (Å²) in [5.41, 5.74) is 2.28. The van der Waals surface area contributed by atoms with Gasteiger partial charge in [0, 0.05) is 20.3 Å². The van der Waals surface area contributed by atoms with Crippen LogP contribution in [0.2, 0.25) is 0 Å². The molecule has 1 aromatic heterocycles. The first kappa shape index (κ1) is 16.4. The maximum atomic E-state index is 11.9. The largest absolute Gasteiger partial charge is 0.382 e. The molecular weight excluding hydrogens is 302 g/mol. The minimum absolute atomic E-state index is 0.432. The molecule has 0 spiro atoms. The number of anilines is 1. The fourth-order valence-electron chi connectivity index (χ4n) is 1.86. The summed E-state index contributed by atoms with van der Waals surface area (Å²) in [6, 6.07) is 10.4. The number of aliphatic hydroxyl groups is 1. The number of aromatic nitrogens is 1. The summed E-state index contributed by atoms with van der Waals surface area (Å²) in [5, 5.41) is 10.4. The van der Waals surface area contributed by atoms with Crippen molar-refractivity contribution < 1.29 is 13.5 Å². The maximum absolute atomic E-state index is 11.9. The van der Waals surface area contributed by atoms with Gasteiger partial charge in [0.15, 0.2) is 0 Å². The summed E-state index contributed by atoms with van der Waals surface area (Å²) >= 11 is 0. The molecule has 0 unspecified atom stereocenters. The minimum atomic E-state index is -3.59. The lowest BCUT2D eigenvalue weighted by atomic mass is 10.0. The number of pyridine rings is 1. The summed E-state index contributed by atoms with van der Waals surface area (Å²) in [5.74, 6) is 0. The third-order valence-electron chi connectivity index (χ3n) is 3.26. The molecule has 1 aromatic carbocycles. The zero-order valence-electron chi connectivity index (χ0n) is 12.7. The second kappa shape index (κ2) is 6.43. The molecule has 2 N–H and O–H groups in total. The lowest BCUT2D eigenvalue weighted by Crippen LogP contribution is -2.29. The van der Waals surface area contributed by atoms with Crippen LogP contribution in [0.5, 0.6) is 0 Å². The fraction of sp³-hybridized carbons (Fsp3) is 0.267. The van der Waals surface area contributed by atoms with Crippen molar-refractivity contribution in [2.24, 2.45) is 0 Å². The number of hydrogen-bond acceptors (Lipinski definition) is 4. The average molecular weight is 321 g/mol. The van der Waals surface area contributed by atoms with Crippen LogP contribution in [0.3, 0.4) is 0 Å². The zero-order valence-corrected chi connectivity index (χ0v) is 13.5. The van der Waals surface area contributed by atoms with Crippen LogP contribution in [0.1, 0.15) is 22.9 Å². The Bertz CT molecular complexity index is 746. The van der Waals surface area contributed by atoms with E-state index in [4.69, 9.17) is 0 Å². The number of rotatable bonds is 5. The van der Waals surface area contributed by atoms with Gasteiger partial charge in [0.2, 0.25) is 0 Å². The van der Waals surface area contributed by atoms with Gasteiger partial charge in [-0.2, -0.15) is 12.7 Å². The van der Waals surface area contributed by atoms with Crippen LogP contribution in [0.25, 0.3) is 0 Å². The van der Waals surface area contributed by atoms with Gasteiger partial charge < -0.3 is 5.11 Å². The monoisotopic (exact) mass is 321 g/mol. The van der Waals surface area contributed by atoms with Gasteiger partial charge in [0.05, 0.1) is 11.4 Å². The molecule has 0 bridgehead atoms. The summed E-state index contributed by atoms with van der Waals surface area (Å²) in [6.45, 7) is 1.80. The average Bonchev–Trinajstić information content (AvgIpc) is 2.49. The van der Waals surface area contributed by atoms with E-state index in [1.807, 2.05) is 0 Å². The predicted molar refractivity (Wildman–Crippen MR) is 85.7 cm³/mol. The third-order valence-corrected chi connectivity index (χ3v) is 4.70. The van der Waals surface area contributed by atoms with E-state index < -0.39 is 16.3 Å². The van der Waals surface area contributed by atoms with Crippen molar-refractivity contribution in [3.05, 3.63) is 59.4 Å². The van der Waals surface area contributed by atoms with Crippen LogP contribution < -0.4 is 4.72 Å². The summed E-state index contributed by atoms with van der Waals surface area (Å²) in [6.07, 6.45) is 0.687. The Morgan fingerprint density at radius 1 is 1.23 bits per heavy atom. The van der Waals surface area contributed by atoms with Crippen molar-refractivity contribution in [1.29, 1.82) is 0 Å². The van der Waals surface area contributed by atoms with Crippen molar-refractivity contribution in [1.82, 2.24) is 9.29 Å². The lowest BCUT2D eigenvalue weighted by Gasteiger charge is -2.17. The van der Waals surface area contributed by atoms with Gasteiger partial charge in [-0.1, -0.05) is 18.2 Å². The predicted octanol–water partition coefficient (Wildman–Crippen LogP) is 1.69. The van der Waals surface area contributed by atoms with Gasteiger partial charge in [-0.25, -0.2) is 0 Å². The van der Waals surface area contributed by atoms with Crippen molar-refractivity contribution in [2.45, 2.75) is 13.0 Å². The van der Waals surface area contributed by atoms with Gasteiger partial charge in [-0.3, -0.25) is 9.71 Å². The van der Waals surface area contributed by atoms with E-state index in [9.17, 15) is 13.5 Å². The van der Waals surface area contributed by atoms with Crippen molar-refractivity contribution in [3.8, 4) is 0 Å². The minimum Gasteiger partial charge on any atom is -0.382 e. The Morgan fingerprint density at radius 2 is 1.95 bits per heavy atom. The molecule has 0 aliphatic heterocycles. The molecule has 2 aromatic rings. The Labute approximate surface area is 130 Å². The van der Waals surface area contributed by atoms with Crippen LogP contribution in [0.4, 0.5) is 5.69 Å². The first-order chi connectivity index (χ1) is 10.3. The standard InChI is InChI=1S/C15H19N3O3S/c1-11-7-8-12(15(19)13-6-4-5-9-16-13)10-14(11)17-22(20,21)18(2)3/h4-10,15,17,19H,1-3H3/t15-/m0/s1. The summed E-state index contributed by atoms with van der Waals surface area (Å²) < 4.78 is 27.5. The maximum Gasteiger partial charge on any atom is 0.301 e. The number of benzene rings is 1. The Morgan fingerprint density at radius 3 is 2.55 bits per heavy atom. The molecule has 22 heavy (non-hydrogen) atoms. The fourth-order valence-corrected chi connectivity index (χ4v) is 2.54. The van der Waals surface area contributed by atoms with Gasteiger partial charge in [0.1, 0.15) is 6.10 Å². The quantitative estimate of drug-likeness (QED) is 0.878. The number of hydrogen-bond donors (Lipinski definition) is 2. The number of nitrogens with one attached hydrogen (secondary N) is 1. The number of aryl methyl sites for hydroxylation is 1. The van der Waals surface area contributed by atoms with E-state index in [0.717, 1.165) is 9.87 Å². The zero-order chi connectivity index (χ0) is 16.3. The second-order valence-corrected chi connectivity index (χ2v) is 7.01. The van der Waals surface area contributed by atoms with Crippen molar-refractivity contribution in [3.63, 3.8) is 0 Å². The van der Waals surface area contributed by atoms with Crippen molar-refractivity contribution in [2.75, 3.05) is 18.8 Å². The third kappa shape index (κ3) is 3.62.